The summed E-state index contributed by atoms with van der Waals surface area (Å²) in [6.07, 6.45) is 2.94. The number of carboxylic acids is 1. The van der Waals surface area contributed by atoms with Crippen molar-refractivity contribution in [1.82, 2.24) is 5.01 Å². The smallest absolute Gasteiger partial charge is 0.337 e. The molecule has 0 atom stereocenters. The number of nitrogens with two attached hydrogens (primary N) is 1. The van der Waals surface area contributed by atoms with Crippen molar-refractivity contribution in [1.29, 1.82) is 0 Å². The third-order valence-electron chi connectivity index (χ3n) is 5.92. The normalized spacial score (nSPS) is 19.1. The molecule has 144 valence electrons. The molecule has 5 nitrogen and oxygen atoms in total. The van der Waals surface area contributed by atoms with Crippen molar-refractivity contribution in [3.8, 4) is 10.4 Å². The van der Waals surface area contributed by atoms with Gasteiger partial charge in [-0.2, -0.15) is 0 Å². The van der Waals surface area contributed by atoms with Gasteiger partial charge in [-0.1, -0.05) is 26.0 Å². The minimum absolute atomic E-state index is 0.170. The van der Waals surface area contributed by atoms with Crippen LogP contribution >= 0.6 is 11.3 Å². The Balaban J connectivity index is 1.62. The van der Waals surface area contributed by atoms with Crippen molar-refractivity contribution < 1.29 is 9.90 Å². The fourth-order valence-electron chi connectivity index (χ4n) is 4.10. The van der Waals surface area contributed by atoms with Crippen molar-refractivity contribution in [3.05, 3.63) is 40.3 Å². The highest BCUT2D eigenvalue weighted by atomic mass is 32.1. The van der Waals surface area contributed by atoms with Crippen molar-refractivity contribution in [2.75, 3.05) is 25.0 Å². The highest BCUT2D eigenvalue weighted by Gasteiger charge is 2.33. The number of fused-ring (bicyclic) bond motifs is 1. The zero-order valence-corrected chi connectivity index (χ0v) is 17.0. The van der Waals surface area contributed by atoms with Crippen LogP contribution in [0.1, 0.15) is 41.1 Å². The number of aryl methyl sites for hydroxylation is 1. The molecule has 1 aromatic carbocycles. The maximum Gasteiger partial charge on any atom is 0.337 e. The van der Waals surface area contributed by atoms with Crippen molar-refractivity contribution >= 4 is 23.0 Å². The third-order valence-corrected chi connectivity index (χ3v) is 7.26. The second-order valence-electron chi connectivity index (χ2n) is 8.63. The lowest BCUT2D eigenvalue weighted by Crippen LogP contribution is -2.60. The van der Waals surface area contributed by atoms with Crippen LogP contribution in [0.15, 0.2) is 24.3 Å². The lowest BCUT2D eigenvalue weighted by atomic mass is 9.76. The molecule has 27 heavy (non-hydrogen) atoms. The number of likely N-dealkylation sites (N-methyl/N-ethyl adjacent to an activating group) is 1. The molecule has 0 spiro atoms. The number of hydrazine groups is 1. The zero-order chi connectivity index (χ0) is 19.3. The first-order valence-corrected chi connectivity index (χ1v) is 10.3. The van der Waals surface area contributed by atoms with Crippen LogP contribution in [0.2, 0.25) is 0 Å². The Morgan fingerprint density at radius 1 is 1.30 bits per heavy atom. The Morgan fingerprint density at radius 3 is 2.56 bits per heavy atom. The monoisotopic (exact) mass is 385 g/mol. The predicted molar refractivity (Wildman–Crippen MR) is 110 cm³/mol. The van der Waals surface area contributed by atoms with Crippen LogP contribution < -0.4 is 10.7 Å². The van der Waals surface area contributed by atoms with Gasteiger partial charge in [-0.15, -0.1) is 11.3 Å². The van der Waals surface area contributed by atoms with Crippen LogP contribution in [0.25, 0.3) is 10.4 Å². The Morgan fingerprint density at radius 2 is 1.96 bits per heavy atom. The molecule has 6 heteroatoms. The van der Waals surface area contributed by atoms with Crippen LogP contribution in [-0.4, -0.2) is 42.3 Å². The molecule has 1 saturated heterocycles. The first-order chi connectivity index (χ1) is 12.7. The molecule has 0 unspecified atom stereocenters. The number of anilines is 1. The van der Waals surface area contributed by atoms with Gasteiger partial charge in [0.2, 0.25) is 0 Å². The molecule has 3 N–H and O–H groups in total. The minimum atomic E-state index is -0.805. The van der Waals surface area contributed by atoms with Crippen molar-refractivity contribution in [2.45, 2.75) is 39.2 Å². The summed E-state index contributed by atoms with van der Waals surface area (Å²) in [6.45, 7) is 6.31. The number of aromatic carboxylic acids is 1. The van der Waals surface area contributed by atoms with E-state index in [-0.39, 0.29) is 5.41 Å². The summed E-state index contributed by atoms with van der Waals surface area (Å²) in [7, 11) is 1.90. The van der Waals surface area contributed by atoms with Gasteiger partial charge >= 0.3 is 5.97 Å². The van der Waals surface area contributed by atoms with E-state index in [4.69, 9.17) is 5.84 Å². The van der Waals surface area contributed by atoms with Gasteiger partial charge in [-0.25, -0.2) is 9.80 Å². The number of thiophene rings is 1. The highest BCUT2D eigenvalue weighted by Crippen LogP contribution is 2.45. The van der Waals surface area contributed by atoms with Crippen LogP contribution in [0.5, 0.6) is 0 Å². The average molecular weight is 386 g/mol. The second-order valence-corrected chi connectivity index (χ2v) is 9.73. The maximum atomic E-state index is 12.1. The minimum Gasteiger partial charge on any atom is -0.478 e. The number of hydrogen-bond donors (Lipinski definition) is 2. The van der Waals surface area contributed by atoms with Gasteiger partial charge < -0.3 is 10.0 Å². The van der Waals surface area contributed by atoms with E-state index in [0.717, 1.165) is 54.0 Å². The number of nitrogens with zero attached hydrogens (tertiary/aromatic N) is 2. The standard InChI is InChI=1S/C21H27N3O2S/c1-21(2)9-8-17-16(10-21)18(20(25)26)19(27-17)13-4-6-14(7-5-13)24-11-15(12-24)23(3)22/h4-7,15H,8-12,22H2,1-3H3,(H,25,26). The quantitative estimate of drug-likeness (QED) is 0.621. The van der Waals surface area contributed by atoms with Gasteiger partial charge in [0.25, 0.3) is 0 Å². The first-order valence-electron chi connectivity index (χ1n) is 9.46. The van der Waals surface area contributed by atoms with E-state index in [9.17, 15) is 9.90 Å². The Kier molecular flexibility index (Phi) is 4.53. The van der Waals surface area contributed by atoms with Gasteiger partial charge in [0.05, 0.1) is 11.6 Å². The largest absolute Gasteiger partial charge is 0.478 e. The molecule has 2 heterocycles. The van der Waals surface area contributed by atoms with E-state index < -0.39 is 5.97 Å². The SMILES string of the molecule is CN(N)C1CN(c2ccc(-c3sc4c(c3C(=O)O)CC(C)(C)CC4)cc2)C1. The summed E-state index contributed by atoms with van der Waals surface area (Å²) in [4.78, 5) is 16.5. The Hall–Kier alpha value is -1.89. The first kappa shape index (κ1) is 18.5. The van der Waals surface area contributed by atoms with E-state index in [2.05, 4.69) is 43.0 Å². The van der Waals surface area contributed by atoms with Crippen LogP contribution in [0.4, 0.5) is 5.69 Å². The summed E-state index contributed by atoms with van der Waals surface area (Å²) in [5.41, 5.74) is 3.91. The molecule has 1 aliphatic heterocycles. The molecule has 1 aliphatic carbocycles. The molecule has 0 saturated carbocycles. The van der Waals surface area contributed by atoms with Gasteiger partial charge in [0.1, 0.15) is 0 Å². The summed E-state index contributed by atoms with van der Waals surface area (Å²) in [5, 5.41) is 11.7. The topological polar surface area (TPSA) is 69.8 Å². The molecule has 2 aliphatic rings. The van der Waals surface area contributed by atoms with Crippen LogP contribution in [0, 0.1) is 5.41 Å². The van der Waals surface area contributed by atoms with Gasteiger partial charge in [0.15, 0.2) is 0 Å². The van der Waals surface area contributed by atoms with Gasteiger partial charge in [0, 0.05) is 35.6 Å². The highest BCUT2D eigenvalue weighted by molar-refractivity contribution is 7.16. The number of carboxylic acid groups (broad SMARTS) is 1. The van der Waals surface area contributed by atoms with Gasteiger partial charge in [-0.3, -0.25) is 5.84 Å². The summed E-state index contributed by atoms with van der Waals surface area (Å²) in [6, 6.07) is 8.70. The van der Waals surface area contributed by atoms with Gasteiger partial charge in [-0.05, 0) is 47.9 Å². The molecule has 2 aromatic rings. The van der Waals surface area contributed by atoms with E-state index in [1.54, 1.807) is 16.3 Å². The fourth-order valence-corrected chi connectivity index (χ4v) is 5.41. The second kappa shape index (κ2) is 6.62. The number of carbonyl (C=O) groups is 1. The molecule has 4 rings (SSSR count). The summed E-state index contributed by atoms with van der Waals surface area (Å²) in [5.74, 6) is 5.00. The molecular weight excluding hydrogens is 358 g/mol. The molecule has 0 radical (unpaired) electrons. The lowest BCUT2D eigenvalue weighted by molar-refractivity contribution is 0.0696. The van der Waals surface area contributed by atoms with E-state index in [0.29, 0.717) is 11.6 Å². The number of rotatable bonds is 4. The maximum absolute atomic E-state index is 12.1. The predicted octanol–water partition coefficient (Wildman–Crippen LogP) is 3.62. The molecule has 1 fully saturated rings. The summed E-state index contributed by atoms with van der Waals surface area (Å²) >= 11 is 1.66. The molecule has 0 amide bonds. The van der Waals surface area contributed by atoms with Crippen molar-refractivity contribution in [2.24, 2.45) is 11.3 Å². The van der Waals surface area contributed by atoms with Crippen LogP contribution in [0.3, 0.4) is 0 Å². The third kappa shape index (κ3) is 3.37. The number of hydrogen-bond acceptors (Lipinski definition) is 5. The summed E-state index contributed by atoms with van der Waals surface area (Å²) < 4.78 is 0. The van der Waals surface area contributed by atoms with Crippen LogP contribution in [-0.2, 0) is 12.8 Å². The molecule has 1 aromatic heterocycles. The average Bonchev–Trinajstić information content (AvgIpc) is 2.91. The van der Waals surface area contributed by atoms with E-state index in [1.807, 2.05) is 7.05 Å². The Labute approximate surface area is 164 Å². The molecule has 0 bridgehead atoms. The lowest BCUT2D eigenvalue weighted by Gasteiger charge is -2.43. The zero-order valence-electron chi connectivity index (χ0n) is 16.2. The fraction of sp³-hybridized carbons (Fsp3) is 0.476. The molecular formula is C21H27N3O2S. The van der Waals surface area contributed by atoms with E-state index >= 15 is 0 Å². The van der Waals surface area contributed by atoms with E-state index in [1.165, 1.54) is 4.88 Å². The number of benzene rings is 1. The Bertz CT molecular complexity index is 864. The van der Waals surface area contributed by atoms with Crippen molar-refractivity contribution in [3.63, 3.8) is 0 Å².